The van der Waals surface area contributed by atoms with Crippen LogP contribution in [-0.2, 0) is 27.4 Å². The van der Waals surface area contributed by atoms with Crippen molar-refractivity contribution in [3.63, 3.8) is 0 Å². The summed E-state index contributed by atoms with van der Waals surface area (Å²) < 4.78 is 20.8. The van der Waals surface area contributed by atoms with E-state index in [1.807, 2.05) is 48.8 Å². The van der Waals surface area contributed by atoms with Crippen LogP contribution in [0, 0.1) is 0 Å². The topological polar surface area (TPSA) is 87.2 Å². The number of hydrogen-bond donors (Lipinski definition) is 0. The first-order chi connectivity index (χ1) is 21.9. The molecule has 45 heavy (non-hydrogen) atoms. The van der Waals surface area contributed by atoms with Gasteiger partial charge in [0.15, 0.2) is 5.13 Å². The predicted molar refractivity (Wildman–Crippen MR) is 176 cm³/mol. The van der Waals surface area contributed by atoms with Crippen LogP contribution in [0.25, 0.3) is 11.3 Å². The maximum absolute atomic E-state index is 12.4. The monoisotopic (exact) mass is 628 g/mol. The fourth-order valence-electron chi connectivity index (χ4n) is 5.40. The molecule has 0 N–H and O–H groups in total. The number of thiazole rings is 1. The van der Waals surface area contributed by atoms with Crippen molar-refractivity contribution in [3.05, 3.63) is 100 Å². The van der Waals surface area contributed by atoms with Gasteiger partial charge < -0.3 is 23.8 Å². The number of ether oxygens (including phenoxy) is 4. The summed E-state index contributed by atoms with van der Waals surface area (Å²) in [6.45, 7) is 4.45. The zero-order valence-electron chi connectivity index (χ0n) is 26.1. The molecule has 1 aromatic heterocycles. The van der Waals surface area contributed by atoms with Gasteiger partial charge in [-0.1, -0.05) is 55.7 Å². The molecule has 8 nitrogen and oxygen atoms in total. The second-order valence-corrected chi connectivity index (χ2v) is 12.1. The van der Waals surface area contributed by atoms with Crippen LogP contribution >= 0.6 is 11.3 Å². The molecule has 1 unspecified atom stereocenters. The Balaban J connectivity index is 1.09. The van der Waals surface area contributed by atoms with E-state index in [0.717, 1.165) is 27.7 Å². The van der Waals surface area contributed by atoms with Crippen molar-refractivity contribution in [3.8, 4) is 17.0 Å². The first-order valence-corrected chi connectivity index (χ1v) is 16.4. The minimum atomic E-state index is -1.06. The zero-order valence-corrected chi connectivity index (χ0v) is 26.9. The molecule has 0 bridgehead atoms. The van der Waals surface area contributed by atoms with Crippen LogP contribution in [0.4, 0.5) is 9.93 Å². The average Bonchev–Trinajstić information content (AvgIpc) is 3.56. The molecule has 1 aliphatic rings. The van der Waals surface area contributed by atoms with E-state index in [9.17, 15) is 9.59 Å². The van der Waals surface area contributed by atoms with Gasteiger partial charge in [0.2, 0.25) is 6.29 Å². The second-order valence-electron chi connectivity index (χ2n) is 11.2. The fraction of sp³-hybridized carbons (Fsp3) is 0.361. The van der Waals surface area contributed by atoms with Gasteiger partial charge >= 0.3 is 12.1 Å². The summed E-state index contributed by atoms with van der Waals surface area (Å²) in [5, 5.41) is 2.93. The highest BCUT2D eigenvalue weighted by atomic mass is 32.1. The smallest absolute Gasteiger partial charge is 0.489 e. The molecule has 0 amide bonds. The number of hydrogen-bond acceptors (Lipinski definition) is 9. The lowest BCUT2D eigenvalue weighted by Crippen LogP contribution is -2.22. The van der Waals surface area contributed by atoms with Gasteiger partial charge in [-0.05, 0) is 78.8 Å². The van der Waals surface area contributed by atoms with Gasteiger partial charge in [-0.2, -0.15) is 0 Å². The number of carbonyl (C=O) groups is 2. The molecule has 1 atom stereocenters. The minimum absolute atomic E-state index is 0.177. The number of aromatic nitrogens is 1. The van der Waals surface area contributed by atoms with Crippen LogP contribution in [0.2, 0.25) is 0 Å². The maximum atomic E-state index is 12.4. The van der Waals surface area contributed by atoms with E-state index in [-0.39, 0.29) is 6.61 Å². The van der Waals surface area contributed by atoms with Gasteiger partial charge in [0, 0.05) is 31.5 Å². The number of anilines is 1. The molecule has 0 aliphatic heterocycles. The number of esters is 1. The summed E-state index contributed by atoms with van der Waals surface area (Å²) in [5.41, 5.74) is 5.93. The quantitative estimate of drug-likeness (QED) is 0.114. The molecule has 1 heterocycles. The van der Waals surface area contributed by atoms with Crippen LogP contribution in [0.15, 0.2) is 78.2 Å². The van der Waals surface area contributed by atoms with E-state index in [4.69, 9.17) is 23.9 Å². The van der Waals surface area contributed by atoms with E-state index in [0.29, 0.717) is 24.6 Å². The van der Waals surface area contributed by atoms with Gasteiger partial charge in [0.1, 0.15) is 12.4 Å². The van der Waals surface area contributed by atoms with E-state index in [2.05, 4.69) is 29.2 Å². The summed E-state index contributed by atoms with van der Waals surface area (Å²) in [6, 6.07) is 24.1. The predicted octanol–water partition coefficient (Wildman–Crippen LogP) is 8.75. The van der Waals surface area contributed by atoms with Crippen LogP contribution in [0.3, 0.4) is 0 Å². The third-order valence-corrected chi connectivity index (χ3v) is 8.79. The SMILES string of the molecule is CCOC(=O)OC(C)OC(=O)c1ccc(CN(C)c2nc(-c3ccc(OCc4ccc(C5CCCCC5)cc4)cc3)cs2)cc1. The van der Waals surface area contributed by atoms with Crippen LogP contribution < -0.4 is 9.64 Å². The van der Waals surface area contributed by atoms with Crippen molar-refractivity contribution in [1.29, 1.82) is 0 Å². The molecule has 1 saturated carbocycles. The normalized spacial score (nSPS) is 13.9. The van der Waals surface area contributed by atoms with Gasteiger partial charge in [0.25, 0.3) is 0 Å². The van der Waals surface area contributed by atoms with Crippen LogP contribution in [-0.4, -0.2) is 37.1 Å². The second kappa shape index (κ2) is 15.6. The first kappa shape index (κ1) is 32.0. The Morgan fingerprint density at radius 3 is 2.29 bits per heavy atom. The molecule has 4 aromatic rings. The lowest BCUT2D eigenvalue weighted by atomic mass is 9.84. The van der Waals surface area contributed by atoms with E-state index >= 15 is 0 Å². The molecular formula is C36H40N2O6S. The molecule has 236 valence electrons. The van der Waals surface area contributed by atoms with Crippen molar-refractivity contribution in [1.82, 2.24) is 4.98 Å². The lowest BCUT2D eigenvalue weighted by molar-refractivity contribution is -0.0811. The van der Waals surface area contributed by atoms with Crippen LogP contribution in [0.5, 0.6) is 5.75 Å². The Morgan fingerprint density at radius 1 is 0.911 bits per heavy atom. The Kier molecular flexibility index (Phi) is 11.1. The third kappa shape index (κ3) is 9.08. The Morgan fingerprint density at radius 2 is 1.60 bits per heavy atom. The van der Waals surface area contributed by atoms with Gasteiger partial charge in [-0.3, -0.25) is 0 Å². The summed E-state index contributed by atoms with van der Waals surface area (Å²) in [4.78, 5) is 30.7. The number of rotatable bonds is 12. The fourth-order valence-corrected chi connectivity index (χ4v) is 6.20. The maximum Gasteiger partial charge on any atom is 0.511 e. The van der Waals surface area contributed by atoms with Gasteiger partial charge in [0.05, 0.1) is 17.9 Å². The van der Waals surface area contributed by atoms with E-state index in [1.165, 1.54) is 50.2 Å². The molecule has 0 radical (unpaired) electrons. The highest BCUT2D eigenvalue weighted by Gasteiger charge is 2.17. The molecule has 3 aromatic carbocycles. The summed E-state index contributed by atoms with van der Waals surface area (Å²) in [6.07, 6.45) is 4.75. The Hall–Kier alpha value is -4.37. The minimum Gasteiger partial charge on any atom is -0.489 e. The van der Waals surface area contributed by atoms with Crippen molar-refractivity contribution in [2.45, 2.75) is 71.3 Å². The molecule has 1 aliphatic carbocycles. The van der Waals surface area contributed by atoms with E-state index < -0.39 is 18.4 Å². The van der Waals surface area contributed by atoms with Crippen LogP contribution in [0.1, 0.15) is 78.9 Å². The van der Waals surface area contributed by atoms with Crippen molar-refractivity contribution in [2.24, 2.45) is 0 Å². The number of benzene rings is 3. The van der Waals surface area contributed by atoms with Gasteiger partial charge in [-0.25, -0.2) is 14.6 Å². The molecule has 0 saturated heterocycles. The molecule has 9 heteroatoms. The molecule has 0 spiro atoms. The summed E-state index contributed by atoms with van der Waals surface area (Å²) in [7, 11) is 1.98. The van der Waals surface area contributed by atoms with E-state index in [1.54, 1.807) is 30.4 Å². The van der Waals surface area contributed by atoms with Crippen molar-refractivity contribution in [2.75, 3.05) is 18.6 Å². The molecule has 5 rings (SSSR count). The zero-order chi connectivity index (χ0) is 31.6. The highest BCUT2D eigenvalue weighted by molar-refractivity contribution is 7.14. The molecule has 1 fully saturated rings. The largest absolute Gasteiger partial charge is 0.511 e. The first-order valence-electron chi connectivity index (χ1n) is 15.5. The van der Waals surface area contributed by atoms with Crippen molar-refractivity contribution < 1.29 is 28.5 Å². The van der Waals surface area contributed by atoms with Crippen molar-refractivity contribution >= 4 is 28.6 Å². The molecular weight excluding hydrogens is 588 g/mol. The number of carbonyl (C=O) groups excluding carboxylic acids is 2. The lowest BCUT2D eigenvalue weighted by Gasteiger charge is -2.22. The highest BCUT2D eigenvalue weighted by Crippen LogP contribution is 2.33. The Labute approximate surface area is 268 Å². The third-order valence-electron chi connectivity index (χ3n) is 7.84. The summed E-state index contributed by atoms with van der Waals surface area (Å²) in [5.74, 6) is 0.959. The standard InChI is InChI=1S/C36H40N2O6S/c1-4-41-36(40)44-25(2)43-34(39)31-16-10-26(11-17-31)22-38(3)35-37-33(24-45-35)30-18-20-32(21-19-30)42-23-27-12-14-29(15-13-27)28-8-6-5-7-9-28/h10-21,24-25,28H,4-9,22-23H2,1-3H3. The average molecular weight is 629 g/mol. The van der Waals surface area contributed by atoms with Gasteiger partial charge in [-0.15, -0.1) is 11.3 Å². The summed E-state index contributed by atoms with van der Waals surface area (Å²) >= 11 is 1.58. The Bertz CT molecular complexity index is 1530. The number of nitrogens with zero attached hydrogens (tertiary/aromatic N) is 2.